The fourth-order valence-corrected chi connectivity index (χ4v) is 3.87. The monoisotopic (exact) mass is 395 g/mol. The topological polar surface area (TPSA) is 48.0 Å². The molecule has 26 heavy (non-hydrogen) atoms. The molecule has 5 nitrogen and oxygen atoms in total. The molecule has 0 N–H and O–H groups in total. The molecular formula is C19H19Cl2NO4. The minimum atomic E-state index is -0.423. The second-order valence-corrected chi connectivity index (χ2v) is 6.82. The normalized spacial score (nSPS) is 13.4. The Hall–Kier alpha value is -1.95. The molecule has 0 radical (unpaired) electrons. The molecule has 2 aromatic carbocycles. The zero-order valence-electron chi connectivity index (χ0n) is 14.8. The first kappa shape index (κ1) is 18.8. The van der Waals surface area contributed by atoms with Crippen molar-refractivity contribution in [2.24, 2.45) is 0 Å². The Morgan fingerprint density at radius 3 is 2.42 bits per heavy atom. The molecule has 3 rings (SSSR count). The number of hydrogen-bond acceptors (Lipinski definition) is 5. The van der Waals surface area contributed by atoms with Crippen LogP contribution in [0, 0.1) is 0 Å². The molecule has 0 bridgehead atoms. The van der Waals surface area contributed by atoms with Gasteiger partial charge in [-0.2, -0.15) is 0 Å². The molecule has 1 aliphatic heterocycles. The van der Waals surface area contributed by atoms with Gasteiger partial charge in [-0.05, 0) is 29.3 Å². The van der Waals surface area contributed by atoms with Crippen molar-refractivity contribution in [3.63, 3.8) is 0 Å². The standard InChI is InChI=1S/C19H19Cl2NO4/c1-24-17-6-11(4-5-12(17)19(23)26-3)8-22-9-13-14(10-22)18(25-2)16(21)7-15(13)20/h4-7H,8-10H2,1-3H3. The molecular weight excluding hydrogens is 377 g/mol. The number of methoxy groups -OCH3 is 3. The van der Waals surface area contributed by atoms with Gasteiger partial charge < -0.3 is 14.2 Å². The van der Waals surface area contributed by atoms with Crippen molar-refractivity contribution in [2.75, 3.05) is 21.3 Å². The Morgan fingerprint density at radius 2 is 1.77 bits per heavy atom. The van der Waals surface area contributed by atoms with Crippen LogP contribution in [0.5, 0.6) is 11.5 Å². The van der Waals surface area contributed by atoms with Gasteiger partial charge in [0.1, 0.15) is 17.1 Å². The summed E-state index contributed by atoms with van der Waals surface area (Å²) in [5, 5.41) is 1.16. The summed E-state index contributed by atoms with van der Waals surface area (Å²) in [7, 11) is 4.48. The van der Waals surface area contributed by atoms with Crippen molar-refractivity contribution < 1.29 is 19.0 Å². The van der Waals surface area contributed by atoms with Crippen LogP contribution in [0.2, 0.25) is 10.0 Å². The van der Waals surface area contributed by atoms with Gasteiger partial charge in [-0.25, -0.2) is 4.79 Å². The summed E-state index contributed by atoms with van der Waals surface area (Å²) in [5.74, 6) is 0.741. The molecule has 0 aliphatic carbocycles. The number of carbonyl (C=O) groups is 1. The van der Waals surface area contributed by atoms with Gasteiger partial charge >= 0.3 is 5.97 Å². The summed E-state index contributed by atoms with van der Waals surface area (Å²) in [6.07, 6.45) is 0. The number of carbonyl (C=O) groups excluding carboxylic acids is 1. The van der Waals surface area contributed by atoms with Crippen LogP contribution in [0.1, 0.15) is 27.0 Å². The number of esters is 1. The van der Waals surface area contributed by atoms with Crippen LogP contribution in [0.15, 0.2) is 24.3 Å². The molecule has 7 heteroatoms. The average Bonchev–Trinajstić information content (AvgIpc) is 3.05. The Morgan fingerprint density at radius 1 is 1.04 bits per heavy atom. The van der Waals surface area contributed by atoms with Gasteiger partial charge in [0.25, 0.3) is 0 Å². The lowest BCUT2D eigenvalue weighted by molar-refractivity contribution is 0.0597. The molecule has 1 aliphatic rings. The van der Waals surface area contributed by atoms with Crippen molar-refractivity contribution in [1.82, 2.24) is 4.90 Å². The predicted molar refractivity (Wildman–Crippen MR) is 100 cm³/mol. The van der Waals surface area contributed by atoms with Crippen molar-refractivity contribution in [2.45, 2.75) is 19.6 Å². The molecule has 1 heterocycles. The number of fused-ring (bicyclic) bond motifs is 1. The lowest BCUT2D eigenvalue weighted by Crippen LogP contribution is -2.16. The summed E-state index contributed by atoms with van der Waals surface area (Å²) in [4.78, 5) is 14.0. The molecule has 0 saturated heterocycles. The summed E-state index contributed by atoms with van der Waals surface area (Å²) >= 11 is 12.6. The largest absolute Gasteiger partial charge is 0.496 e. The summed E-state index contributed by atoms with van der Waals surface area (Å²) in [6.45, 7) is 2.05. The van der Waals surface area contributed by atoms with E-state index < -0.39 is 5.97 Å². The van der Waals surface area contributed by atoms with Gasteiger partial charge in [-0.3, -0.25) is 4.90 Å². The van der Waals surface area contributed by atoms with Crippen LogP contribution < -0.4 is 9.47 Å². The van der Waals surface area contributed by atoms with Crippen LogP contribution in [-0.4, -0.2) is 32.2 Å². The van der Waals surface area contributed by atoms with Crippen LogP contribution in [-0.2, 0) is 24.4 Å². The van der Waals surface area contributed by atoms with Gasteiger partial charge in [-0.1, -0.05) is 29.3 Å². The second-order valence-electron chi connectivity index (χ2n) is 6.00. The number of halogens is 2. The Kier molecular flexibility index (Phi) is 5.61. The number of ether oxygens (including phenoxy) is 3. The highest BCUT2D eigenvalue weighted by Crippen LogP contribution is 2.41. The highest BCUT2D eigenvalue weighted by molar-refractivity contribution is 6.36. The van der Waals surface area contributed by atoms with Gasteiger partial charge in [-0.15, -0.1) is 0 Å². The Balaban J connectivity index is 1.83. The van der Waals surface area contributed by atoms with E-state index in [1.54, 1.807) is 19.2 Å². The van der Waals surface area contributed by atoms with E-state index in [-0.39, 0.29) is 0 Å². The summed E-state index contributed by atoms with van der Waals surface area (Å²) < 4.78 is 15.5. The SMILES string of the molecule is COC(=O)c1ccc(CN2Cc3c(Cl)cc(Cl)c(OC)c3C2)cc1OC. The first-order valence-corrected chi connectivity index (χ1v) is 8.75. The maximum Gasteiger partial charge on any atom is 0.341 e. The van der Waals surface area contributed by atoms with Crippen molar-refractivity contribution in [3.8, 4) is 11.5 Å². The highest BCUT2D eigenvalue weighted by Gasteiger charge is 2.27. The molecule has 2 aromatic rings. The number of benzene rings is 2. The van der Waals surface area contributed by atoms with E-state index in [4.69, 9.17) is 37.4 Å². The van der Waals surface area contributed by atoms with Gasteiger partial charge in [0.15, 0.2) is 0 Å². The highest BCUT2D eigenvalue weighted by atomic mass is 35.5. The smallest absolute Gasteiger partial charge is 0.341 e. The lowest BCUT2D eigenvalue weighted by atomic mass is 10.1. The summed E-state index contributed by atoms with van der Waals surface area (Å²) in [5.41, 5.74) is 3.47. The number of hydrogen-bond donors (Lipinski definition) is 0. The maximum absolute atomic E-state index is 11.8. The van der Waals surface area contributed by atoms with Crippen LogP contribution in [0.3, 0.4) is 0 Å². The van der Waals surface area contributed by atoms with E-state index in [9.17, 15) is 4.79 Å². The van der Waals surface area contributed by atoms with E-state index in [0.29, 0.717) is 46.7 Å². The first-order chi connectivity index (χ1) is 12.5. The molecule has 0 atom stereocenters. The van der Waals surface area contributed by atoms with E-state index in [2.05, 4.69) is 4.90 Å². The van der Waals surface area contributed by atoms with Crippen molar-refractivity contribution in [1.29, 1.82) is 0 Å². The molecule has 0 spiro atoms. The Bertz CT molecular complexity index is 854. The van der Waals surface area contributed by atoms with Crippen LogP contribution >= 0.6 is 23.2 Å². The third-order valence-electron chi connectivity index (χ3n) is 4.44. The molecule has 0 unspecified atom stereocenters. The van der Waals surface area contributed by atoms with E-state index in [1.165, 1.54) is 14.2 Å². The van der Waals surface area contributed by atoms with Crippen LogP contribution in [0.25, 0.3) is 0 Å². The predicted octanol–water partition coefficient (Wildman–Crippen LogP) is 4.31. The van der Waals surface area contributed by atoms with E-state index in [0.717, 1.165) is 16.7 Å². The first-order valence-electron chi connectivity index (χ1n) is 7.99. The molecule has 0 aromatic heterocycles. The van der Waals surface area contributed by atoms with Crippen molar-refractivity contribution >= 4 is 29.2 Å². The third-order valence-corrected chi connectivity index (χ3v) is 5.06. The zero-order chi connectivity index (χ0) is 18.8. The van der Waals surface area contributed by atoms with Gasteiger partial charge in [0.2, 0.25) is 0 Å². The van der Waals surface area contributed by atoms with E-state index in [1.807, 2.05) is 12.1 Å². The third kappa shape index (κ3) is 3.47. The fourth-order valence-electron chi connectivity index (χ4n) is 3.23. The minimum Gasteiger partial charge on any atom is -0.496 e. The molecule has 0 saturated carbocycles. The summed E-state index contributed by atoms with van der Waals surface area (Å²) in [6, 6.07) is 7.18. The minimum absolute atomic E-state index is 0.403. The molecule has 0 fully saturated rings. The van der Waals surface area contributed by atoms with E-state index >= 15 is 0 Å². The van der Waals surface area contributed by atoms with Gasteiger partial charge in [0, 0.05) is 30.2 Å². The zero-order valence-corrected chi connectivity index (χ0v) is 16.3. The Labute approximate surface area is 162 Å². The van der Waals surface area contributed by atoms with Crippen molar-refractivity contribution in [3.05, 3.63) is 56.6 Å². The van der Waals surface area contributed by atoms with Crippen LogP contribution in [0.4, 0.5) is 0 Å². The molecule has 0 amide bonds. The number of rotatable bonds is 5. The average molecular weight is 396 g/mol. The lowest BCUT2D eigenvalue weighted by Gasteiger charge is -2.16. The number of nitrogens with zero attached hydrogens (tertiary/aromatic N) is 1. The maximum atomic E-state index is 11.8. The quantitative estimate of drug-likeness (QED) is 0.705. The second kappa shape index (κ2) is 7.74. The molecule has 138 valence electrons. The fraction of sp³-hybridized carbons (Fsp3) is 0.316. The van der Waals surface area contributed by atoms with Gasteiger partial charge in [0.05, 0.1) is 26.4 Å².